The summed E-state index contributed by atoms with van der Waals surface area (Å²) in [5, 5.41) is 2.01. The fourth-order valence-electron chi connectivity index (χ4n) is 4.52. The molecule has 0 amide bonds. The van der Waals surface area contributed by atoms with Crippen molar-refractivity contribution in [2.75, 3.05) is 45.4 Å². The van der Waals surface area contributed by atoms with Gasteiger partial charge < -0.3 is 19.1 Å². The van der Waals surface area contributed by atoms with Crippen molar-refractivity contribution < 1.29 is 14.2 Å². The number of methoxy groups -OCH3 is 2. The minimum atomic E-state index is -0.0378. The van der Waals surface area contributed by atoms with Crippen LogP contribution in [0, 0.1) is 0 Å². The summed E-state index contributed by atoms with van der Waals surface area (Å²) in [6, 6.07) is 19.6. The molecule has 0 bridgehead atoms. The lowest BCUT2D eigenvalue weighted by molar-refractivity contribution is 0.122. The Morgan fingerprint density at radius 3 is 2.42 bits per heavy atom. The van der Waals surface area contributed by atoms with Gasteiger partial charge in [-0.25, -0.2) is 4.98 Å². The van der Waals surface area contributed by atoms with E-state index in [0.29, 0.717) is 64.5 Å². The molecule has 1 fully saturated rings. The maximum absolute atomic E-state index is 13.9. The third kappa shape index (κ3) is 5.93. The number of anilines is 1. The summed E-state index contributed by atoms with van der Waals surface area (Å²) >= 11 is 7.61. The number of morpholine rings is 1. The van der Waals surface area contributed by atoms with Gasteiger partial charge in [0.25, 0.3) is 5.56 Å². The molecule has 0 N–H and O–H groups in total. The van der Waals surface area contributed by atoms with Crippen LogP contribution in [-0.4, -0.2) is 50.1 Å². The maximum atomic E-state index is 13.9. The van der Waals surface area contributed by atoms with Crippen molar-refractivity contribution in [1.29, 1.82) is 0 Å². The van der Waals surface area contributed by atoms with Crippen LogP contribution in [0.2, 0.25) is 5.02 Å². The molecule has 198 valence electrons. The third-order valence-electron chi connectivity index (χ3n) is 6.63. The van der Waals surface area contributed by atoms with Crippen LogP contribution in [0.5, 0.6) is 11.5 Å². The number of halogens is 1. The van der Waals surface area contributed by atoms with Crippen LogP contribution < -0.4 is 19.9 Å². The Hall–Kier alpha value is -3.20. The second-order valence-corrected chi connectivity index (χ2v) is 10.4. The Bertz CT molecular complexity index is 1470. The van der Waals surface area contributed by atoms with Gasteiger partial charge in [-0.05, 0) is 60.0 Å². The average molecular weight is 552 g/mol. The molecule has 9 heteroatoms. The summed E-state index contributed by atoms with van der Waals surface area (Å²) in [4.78, 5) is 21.1. The lowest BCUT2D eigenvalue weighted by Gasteiger charge is -2.29. The molecule has 0 spiro atoms. The van der Waals surface area contributed by atoms with E-state index in [2.05, 4.69) is 4.90 Å². The zero-order chi connectivity index (χ0) is 26.5. The molecule has 1 saturated heterocycles. The van der Waals surface area contributed by atoms with Gasteiger partial charge in [0.2, 0.25) is 0 Å². The second-order valence-electron chi connectivity index (χ2n) is 9.01. The SMILES string of the molecule is COc1ccc(CCn2c(SCc3ccc(Cl)cc3)nc3ccc(N4CCOCC4)cc3c2=O)cc1OC. The molecule has 0 unspecified atom stereocenters. The number of ether oxygens (including phenoxy) is 3. The summed E-state index contributed by atoms with van der Waals surface area (Å²) in [6.45, 7) is 3.48. The average Bonchev–Trinajstić information content (AvgIpc) is 2.96. The monoisotopic (exact) mass is 551 g/mol. The minimum Gasteiger partial charge on any atom is -0.493 e. The number of fused-ring (bicyclic) bond motifs is 1. The maximum Gasteiger partial charge on any atom is 0.262 e. The molecular formula is C29H30ClN3O4S. The first-order chi connectivity index (χ1) is 18.6. The van der Waals surface area contributed by atoms with E-state index in [9.17, 15) is 4.79 Å². The predicted molar refractivity (Wildman–Crippen MR) is 153 cm³/mol. The van der Waals surface area contributed by atoms with Crippen molar-refractivity contribution in [3.63, 3.8) is 0 Å². The van der Waals surface area contributed by atoms with Crippen LogP contribution >= 0.6 is 23.4 Å². The highest BCUT2D eigenvalue weighted by Crippen LogP contribution is 2.29. The van der Waals surface area contributed by atoms with E-state index < -0.39 is 0 Å². The standard InChI is InChI=1S/C29H30ClN3O4S/c1-35-26-10-5-20(17-27(26)36-2)11-12-33-28(34)24-18-23(32-13-15-37-16-14-32)8-9-25(24)31-29(33)38-19-21-3-6-22(30)7-4-21/h3-10,17-18H,11-16,19H2,1-2H3. The number of hydrogen-bond acceptors (Lipinski definition) is 7. The number of hydrogen-bond donors (Lipinski definition) is 0. The lowest BCUT2D eigenvalue weighted by atomic mass is 10.1. The summed E-state index contributed by atoms with van der Waals surface area (Å²) in [5.74, 6) is 2.02. The molecule has 0 saturated carbocycles. The van der Waals surface area contributed by atoms with Crippen LogP contribution in [0.3, 0.4) is 0 Å². The highest BCUT2D eigenvalue weighted by molar-refractivity contribution is 7.98. The van der Waals surface area contributed by atoms with Gasteiger partial charge >= 0.3 is 0 Å². The fraction of sp³-hybridized carbons (Fsp3) is 0.310. The van der Waals surface area contributed by atoms with Gasteiger partial charge in [0.15, 0.2) is 16.7 Å². The predicted octanol–water partition coefficient (Wildman–Crippen LogP) is 5.44. The van der Waals surface area contributed by atoms with Crippen molar-refractivity contribution in [3.05, 3.63) is 87.2 Å². The number of thioether (sulfide) groups is 1. The first-order valence-corrected chi connectivity index (χ1v) is 13.9. The van der Waals surface area contributed by atoms with Crippen molar-refractivity contribution in [2.45, 2.75) is 23.9 Å². The summed E-state index contributed by atoms with van der Waals surface area (Å²) in [5.41, 5.74) is 3.85. The van der Waals surface area contributed by atoms with Crippen LogP contribution in [0.15, 0.2) is 70.6 Å². The summed E-state index contributed by atoms with van der Waals surface area (Å²) in [6.07, 6.45) is 0.644. The van der Waals surface area contributed by atoms with E-state index in [0.717, 1.165) is 29.9 Å². The first kappa shape index (κ1) is 26.4. The Morgan fingerprint density at radius 2 is 1.68 bits per heavy atom. The Balaban J connectivity index is 1.48. The van der Waals surface area contributed by atoms with Crippen molar-refractivity contribution in [1.82, 2.24) is 9.55 Å². The normalized spacial score (nSPS) is 13.6. The quantitative estimate of drug-likeness (QED) is 0.203. The molecule has 1 aromatic heterocycles. The number of benzene rings is 3. The molecule has 38 heavy (non-hydrogen) atoms. The number of rotatable bonds is 9. The smallest absolute Gasteiger partial charge is 0.262 e. The van der Waals surface area contributed by atoms with Crippen LogP contribution in [0.4, 0.5) is 5.69 Å². The van der Waals surface area contributed by atoms with Crippen LogP contribution in [0.25, 0.3) is 10.9 Å². The minimum absolute atomic E-state index is 0.0378. The highest BCUT2D eigenvalue weighted by atomic mass is 35.5. The van der Waals surface area contributed by atoms with Crippen molar-refractivity contribution >= 4 is 40.0 Å². The zero-order valence-corrected chi connectivity index (χ0v) is 23.1. The molecule has 3 aromatic carbocycles. The van der Waals surface area contributed by atoms with E-state index in [1.54, 1.807) is 30.5 Å². The molecule has 0 atom stereocenters. The van der Waals surface area contributed by atoms with E-state index >= 15 is 0 Å². The van der Waals surface area contributed by atoms with Gasteiger partial charge in [-0.15, -0.1) is 0 Å². The molecule has 2 heterocycles. The number of nitrogens with zero attached hydrogens (tertiary/aromatic N) is 3. The molecule has 4 aromatic rings. The Kier molecular flexibility index (Phi) is 8.42. The Morgan fingerprint density at radius 1 is 0.947 bits per heavy atom. The van der Waals surface area contributed by atoms with Crippen LogP contribution in [0.1, 0.15) is 11.1 Å². The van der Waals surface area contributed by atoms with E-state index in [1.807, 2.05) is 60.7 Å². The first-order valence-electron chi connectivity index (χ1n) is 12.5. The molecule has 5 rings (SSSR count). The third-order valence-corrected chi connectivity index (χ3v) is 7.93. The van der Waals surface area contributed by atoms with Gasteiger partial charge in [-0.3, -0.25) is 9.36 Å². The molecule has 1 aliphatic heterocycles. The molecular weight excluding hydrogens is 522 g/mol. The van der Waals surface area contributed by atoms with Crippen molar-refractivity contribution in [2.24, 2.45) is 0 Å². The van der Waals surface area contributed by atoms with Gasteiger partial charge in [0.1, 0.15) is 0 Å². The number of aromatic nitrogens is 2. The largest absolute Gasteiger partial charge is 0.493 e. The molecule has 0 radical (unpaired) electrons. The van der Waals surface area contributed by atoms with Gasteiger partial charge in [-0.1, -0.05) is 41.6 Å². The second kappa shape index (κ2) is 12.1. The zero-order valence-electron chi connectivity index (χ0n) is 21.5. The van der Waals surface area contributed by atoms with E-state index in [4.69, 9.17) is 30.8 Å². The Labute approximate surface area is 231 Å². The van der Waals surface area contributed by atoms with Crippen molar-refractivity contribution in [3.8, 4) is 11.5 Å². The van der Waals surface area contributed by atoms with Crippen LogP contribution in [-0.2, 0) is 23.5 Å². The summed E-state index contributed by atoms with van der Waals surface area (Å²) in [7, 11) is 3.24. The van der Waals surface area contributed by atoms with E-state index in [-0.39, 0.29) is 5.56 Å². The molecule has 7 nitrogen and oxygen atoms in total. The van der Waals surface area contributed by atoms with E-state index in [1.165, 1.54) is 0 Å². The lowest BCUT2D eigenvalue weighted by Crippen LogP contribution is -2.36. The van der Waals surface area contributed by atoms with Gasteiger partial charge in [-0.2, -0.15) is 0 Å². The number of aryl methyl sites for hydroxylation is 1. The van der Waals surface area contributed by atoms with Gasteiger partial charge in [0, 0.05) is 36.1 Å². The molecule has 1 aliphatic rings. The molecule has 0 aliphatic carbocycles. The van der Waals surface area contributed by atoms with Gasteiger partial charge in [0.05, 0.1) is 38.3 Å². The topological polar surface area (TPSA) is 65.8 Å². The highest BCUT2D eigenvalue weighted by Gasteiger charge is 2.16. The fourth-order valence-corrected chi connectivity index (χ4v) is 5.63. The summed E-state index contributed by atoms with van der Waals surface area (Å²) < 4.78 is 18.1.